The number of carbonyl (C=O) groups excluding carboxylic acids is 1. The van der Waals surface area contributed by atoms with Crippen molar-refractivity contribution in [3.63, 3.8) is 0 Å². The van der Waals surface area contributed by atoms with E-state index in [1.807, 2.05) is 4.90 Å². The molecular weight excluding hydrogens is 202 g/mol. The highest BCUT2D eigenvalue weighted by Gasteiger charge is 2.42. The summed E-state index contributed by atoms with van der Waals surface area (Å²) in [5.41, 5.74) is 5.90. The third-order valence-electron chi connectivity index (χ3n) is 3.92. The summed E-state index contributed by atoms with van der Waals surface area (Å²) in [5.74, 6) is 0.497. The van der Waals surface area contributed by atoms with E-state index in [0.29, 0.717) is 5.91 Å². The van der Waals surface area contributed by atoms with Crippen LogP contribution >= 0.6 is 0 Å². The van der Waals surface area contributed by atoms with Crippen LogP contribution in [0.15, 0.2) is 0 Å². The summed E-state index contributed by atoms with van der Waals surface area (Å²) in [6.07, 6.45) is 1.92. The van der Waals surface area contributed by atoms with Gasteiger partial charge in [-0.3, -0.25) is 4.79 Å². The second-order valence-electron chi connectivity index (χ2n) is 5.97. The molecule has 0 bridgehead atoms. The van der Waals surface area contributed by atoms with Gasteiger partial charge >= 0.3 is 0 Å². The van der Waals surface area contributed by atoms with Crippen molar-refractivity contribution in [3.05, 3.63) is 0 Å². The molecule has 16 heavy (non-hydrogen) atoms. The Kier molecular flexibility index (Phi) is 2.97. The van der Waals surface area contributed by atoms with Gasteiger partial charge in [-0.2, -0.15) is 0 Å². The van der Waals surface area contributed by atoms with E-state index in [4.69, 9.17) is 5.73 Å². The minimum Gasteiger partial charge on any atom is -0.336 e. The van der Waals surface area contributed by atoms with Gasteiger partial charge in [-0.25, -0.2) is 0 Å². The van der Waals surface area contributed by atoms with Crippen molar-refractivity contribution in [2.24, 2.45) is 11.7 Å². The zero-order valence-electron chi connectivity index (χ0n) is 10.6. The summed E-state index contributed by atoms with van der Waals surface area (Å²) in [5, 5.41) is 0. The first-order valence-corrected chi connectivity index (χ1v) is 6.16. The topological polar surface area (TPSA) is 49.6 Å². The Morgan fingerprint density at radius 1 is 1.38 bits per heavy atom. The summed E-state index contributed by atoms with van der Waals surface area (Å²) in [6.45, 7) is 6.91. The predicted molar refractivity (Wildman–Crippen MR) is 64.0 cm³/mol. The van der Waals surface area contributed by atoms with Crippen LogP contribution < -0.4 is 5.73 Å². The molecule has 4 nitrogen and oxygen atoms in total. The van der Waals surface area contributed by atoms with Crippen LogP contribution in [0.4, 0.5) is 0 Å². The average molecular weight is 225 g/mol. The van der Waals surface area contributed by atoms with Crippen molar-refractivity contribution < 1.29 is 4.79 Å². The average Bonchev–Trinajstić information content (AvgIpc) is 2.69. The van der Waals surface area contributed by atoms with Gasteiger partial charge in [-0.15, -0.1) is 0 Å². The fourth-order valence-electron chi connectivity index (χ4n) is 3.04. The van der Waals surface area contributed by atoms with Crippen molar-refractivity contribution in [2.75, 3.05) is 26.7 Å². The van der Waals surface area contributed by atoms with E-state index in [-0.39, 0.29) is 17.5 Å². The minimum absolute atomic E-state index is 0.0579. The maximum atomic E-state index is 12.4. The van der Waals surface area contributed by atoms with Crippen LogP contribution in [-0.4, -0.2) is 54.0 Å². The number of hydrogen-bond acceptors (Lipinski definition) is 3. The Hall–Kier alpha value is -0.610. The van der Waals surface area contributed by atoms with Gasteiger partial charge < -0.3 is 15.5 Å². The largest absolute Gasteiger partial charge is 0.336 e. The Morgan fingerprint density at radius 3 is 2.50 bits per heavy atom. The first kappa shape index (κ1) is 11.9. The van der Waals surface area contributed by atoms with Gasteiger partial charge in [0.2, 0.25) is 5.91 Å². The SMILES string of the molecule is CN1CCC(C(=O)N2CC(N)CC2(C)C)C1. The smallest absolute Gasteiger partial charge is 0.227 e. The van der Waals surface area contributed by atoms with E-state index >= 15 is 0 Å². The van der Waals surface area contributed by atoms with Crippen molar-refractivity contribution >= 4 is 5.91 Å². The van der Waals surface area contributed by atoms with Crippen LogP contribution in [0.5, 0.6) is 0 Å². The van der Waals surface area contributed by atoms with Gasteiger partial charge in [-0.1, -0.05) is 0 Å². The predicted octanol–water partition coefficient (Wildman–Crippen LogP) is 0.276. The second-order valence-corrected chi connectivity index (χ2v) is 5.97. The molecule has 2 heterocycles. The zero-order chi connectivity index (χ0) is 11.9. The van der Waals surface area contributed by atoms with Crippen LogP contribution in [0.25, 0.3) is 0 Å². The quantitative estimate of drug-likeness (QED) is 0.697. The van der Waals surface area contributed by atoms with Gasteiger partial charge in [0.15, 0.2) is 0 Å². The lowest BCUT2D eigenvalue weighted by Crippen LogP contribution is -2.46. The van der Waals surface area contributed by atoms with Gasteiger partial charge in [0.25, 0.3) is 0 Å². The van der Waals surface area contributed by atoms with E-state index in [0.717, 1.165) is 32.5 Å². The second kappa shape index (κ2) is 4.00. The van der Waals surface area contributed by atoms with E-state index < -0.39 is 0 Å². The molecule has 0 saturated carbocycles. The molecule has 2 atom stereocenters. The summed E-state index contributed by atoms with van der Waals surface area (Å²) in [7, 11) is 2.08. The number of amides is 1. The Balaban J connectivity index is 2.04. The van der Waals surface area contributed by atoms with Gasteiger partial charge in [0.1, 0.15) is 0 Å². The first-order valence-electron chi connectivity index (χ1n) is 6.16. The molecular formula is C12H23N3O. The van der Waals surface area contributed by atoms with Crippen LogP contribution in [0.2, 0.25) is 0 Å². The molecule has 4 heteroatoms. The van der Waals surface area contributed by atoms with Gasteiger partial charge in [0.05, 0.1) is 5.92 Å². The molecule has 2 saturated heterocycles. The standard InChI is InChI=1S/C12H23N3O/c1-12(2)6-10(13)8-15(12)11(16)9-4-5-14(3)7-9/h9-10H,4-8,13H2,1-3H3. The number of carbonyl (C=O) groups is 1. The van der Waals surface area contributed by atoms with Crippen molar-refractivity contribution in [2.45, 2.75) is 38.3 Å². The fourth-order valence-corrected chi connectivity index (χ4v) is 3.04. The van der Waals surface area contributed by atoms with Crippen LogP contribution in [0.3, 0.4) is 0 Å². The molecule has 2 fully saturated rings. The normalized spacial score (nSPS) is 34.6. The molecule has 0 aliphatic carbocycles. The summed E-state index contributed by atoms with van der Waals surface area (Å²) < 4.78 is 0. The molecule has 0 aromatic heterocycles. The lowest BCUT2D eigenvalue weighted by molar-refractivity contribution is -0.138. The third-order valence-corrected chi connectivity index (χ3v) is 3.92. The maximum absolute atomic E-state index is 12.4. The molecule has 2 N–H and O–H groups in total. The van der Waals surface area contributed by atoms with Crippen molar-refractivity contribution in [3.8, 4) is 0 Å². The molecule has 0 spiro atoms. The number of rotatable bonds is 1. The van der Waals surface area contributed by atoms with Gasteiger partial charge in [0, 0.05) is 24.7 Å². The third kappa shape index (κ3) is 2.09. The Labute approximate surface area is 97.8 Å². The Bertz CT molecular complexity index is 290. The molecule has 0 radical (unpaired) electrons. The first-order chi connectivity index (χ1) is 7.40. The zero-order valence-corrected chi connectivity index (χ0v) is 10.6. The fraction of sp³-hybridized carbons (Fsp3) is 0.917. The summed E-state index contributed by atoms with van der Waals surface area (Å²) in [6, 6.07) is 0.151. The minimum atomic E-state index is -0.0579. The molecule has 1 amide bonds. The highest BCUT2D eigenvalue weighted by molar-refractivity contribution is 5.80. The van der Waals surface area contributed by atoms with Crippen molar-refractivity contribution in [1.82, 2.24) is 9.80 Å². The number of likely N-dealkylation sites (tertiary alicyclic amines) is 2. The lowest BCUT2D eigenvalue weighted by Gasteiger charge is -2.33. The van der Waals surface area contributed by atoms with E-state index in [1.54, 1.807) is 0 Å². The number of nitrogens with zero attached hydrogens (tertiary/aromatic N) is 2. The van der Waals surface area contributed by atoms with Crippen LogP contribution in [0.1, 0.15) is 26.7 Å². The summed E-state index contributed by atoms with van der Waals surface area (Å²) >= 11 is 0. The van der Waals surface area contributed by atoms with Crippen LogP contribution in [0, 0.1) is 5.92 Å². The lowest BCUT2D eigenvalue weighted by atomic mass is 9.98. The molecule has 92 valence electrons. The number of hydrogen-bond donors (Lipinski definition) is 1. The van der Waals surface area contributed by atoms with Crippen LogP contribution in [-0.2, 0) is 4.79 Å². The van der Waals surface area contributed by atoms with E-state index in [1.165, 1.54) is 0 Å². The Morgan fingerprint density at radius 2 is 2.06 bits per heavy atom. The molecule has 2 aliphatic heterocycles. The maximum Gasteiger partial charge on any atom is 0.227 e. The molecule has 2 rings (SSSR count). The molecule has 0 aromatic rings. The monoisotopic (exact) mass is 225 g/mol. The van der Waals surface area contributed by atoms with Crippen molar-refractivity contribution in [1.29, 1.82) is 0 Å². The molecule has 2 unspecified atom stereocenters. The highest BCUT2D eigenvalue weighted by atomic mass is 16.2. The molecule has 2 aliphatic rings. The molecule has 0 aromatic carbocycles. The van der Waals surface area contributed by atoms with Gasteiger partial charge in [-0.05, 0) is 40.3 Å². The van der Waals surface area contributed by atoms with E-state index in [2.05, 4.69) is 25.8 Å². The summed E-state index contributed by atoms with van der Waals surface area (Å²) in [4.78, 5) is 16.6. The van der Waals surface area contributed by atoms with E-state index in [9.17, 15) is 4.79 Å². The highest BCUT2D eigenvalue weighted by Crippen LogP contribution is 2.30. The number of nitrogens with two attached hydrogens (primary N) is 1.